The highest BCUT2D eigenvalue weighted by Crippen LogP contribution is 2.25. The molecule has 0 aliphatic rings. The van der Waals surface area contributed by atoms with E-state index in [-0.39, 0.29) is 5.91 Å². The highest BCUT2D eigenvalue weighted by atomic mass is 32.2. The number of fused-ring (bicyclic) bond motifs is 1. The van der Waals surface area contributed by atoms with Crippen LogP contribution in [-0.4, -0.2) is 29.5 Å². The van der Waals surface area contributed by atoms with E-state index in [0.717, 1.165) is 22.1 Å². The number of carbonyl (C=O) groups is 1. The molecule has 0 radical (unpaired) electrons. The smallest absolute Gasteiger partial charge is 0.268 e. The minimum absolute atomic E-state index is 0.202. The normalized spacial score (nSPS) is 11.7. The van der Waals surface area contributed by atoms with Crippen LogP contribution in [0, 0.1) is 0 Å². The van der Waals surface area contributed by atoms with Gasteiger partial charge in [-0.05, 0) is 49.2 Å². The lowest BCUT2D eigenvalue weighted by molar-refractivity contribution is 0.0946. The van der Waals surface area contributed by atoms with Crippen molar-refractivity contribution in [3.05, 3.63) is 84.2 Å². The van der Waals surface area contributed by atoms with Gasteiger partial charge in [0.05, 0.1) is 10.1 Å². The Morgan fingerprint density at radius 1 is 1.00 bits per heavy atom. The van der Waals surface area contributed by atoms with Crippen molar-refractivity contribution in [1.29, 1.82) is 0 Å². The number of carbonyl (C=O) groups excluding carboxylic acids is 1. The van der Waals surface area contributed by atoms with Crippen LogP contribution in [-0.2, 0) is 16.4 Å². The molecule has 0 fully saturated rings. The lowest BCUT2D eigenvalue weighted by Crippen LogP contribution is -2.22. The third kappa shape index (κ3) is 4.36. The van der Waals surface area contributed by atoms with Gasteiger partial charge in [0.25, 0.3) is 5.91 Å². The molecule has 0 aliphatic heterocycles. The van der Waals surface area contributed by atoms with Crippen LogP contribution < -0.4 is 5.32 Å². The van der Waals surface area contributed by atoms with Crippen molar-refractivity contribution in [2.75, 3.05) is 0 Å². The Labute approximate surface area is 181 Å². The second-order valence-corrected chi connectivity index (χ2v) is 10.1. The SMILES string of the molecule is CC(C)S(=O)(=O)c1ccc(-c2cnc3[nH]c(C(=O)NCc4ccccc4)cc3c2)cc1. The quantitative estimate of drug-likeness (QED) is 0.473. The molecule has 0 saturated carbocycles. The van der Waals surface area contributed by atoms with Crippen LogP contribution in [0.3, 0.4) is 0 Å². The highest BCUT2D eigenvalue weighted by molar-refractivity contribution is 7.92. The molecular weight excluding hydrogens is 410 g/mol. The van der Waals surface area contributed by atoms with E-state index in [1.165, 1.54) is 0 Å². The minimum Gasteiger partial charge on any atom is -0.347 e. The first-order valence-corrected chi connectivity index (χ1v) is 11.5. The number of rotatable bonds is 6. The molecule has 0 unspecified atom stereocenters. The van der Waals surface area contributed by atoms with E-state index < -0.39 is 15.1 Å². The second-order valence-electron chi connectivity index (χ2n) is 7.63. The van der Waals surface area contributed by atoms with Gasteiger partial charge in [-0.2, -0.15) is 0 Å². The predicted octanol–water partition coefficient (Wildman–Crippen LogP) is 4.34. The van der Waals surface area contributed by atoms with Gasteiger partial charge in [0.15, 0.2) is 9.84 Å². The highest BCUT2D eigenvalue weighted by Gasteiger charge is 2.19. The maximum Gasteiger partial charge on any atom is 0.268 e. The third-order valence-electron chi connectivity index (χ3n) is 5.15. The molecule has 2 aromatic carbocycles. The first-order chi connectivity index (χ1) is 14.8. The summed E-state index contributed by atoms with van der Waals surface area (Å²) in [6, 6.07) is 20.2. The number of benzene rings is 2. The lowest BCUT2D eigenvalue weighted by Gasteiger charge is -2.08. The molecule has 0 aliphatic carbocycles. The van der Waals surface area contributed by atoms with E-state index in [1.807, 2.05) is 36.4 Å². The third-order valence-corrected chi connectivity index (χ3v) is 7.32. The Hall–Kier alpha value is -3.45. The van der Waals surface area contributed by atoms with E-state index >= 15 is 0 Å². The molecule has 1 amide bonds. The number of amides is 1. The van der Waals surface area contributed by atoms with Gasteiger partial charge in [0.2, 0.25) is 0 Å². The number of aromatic amines is 1. The van der Waals surface area contributed by atoms with E-state index in [1.54, 1.807) is 50.4 Å². The molecule has 0 saturated heterocycles. The molecule has 2 aromatic heterocycles. The fraction of sp³-hybridized carbons (Fsp3) is 0.167. The molecule has 2 heterocycles. The largest absolute Gasteiger partial charge is 0.347 e. The molecule has 0 atom stereocenters. The van der Waals surface area contributed by atoms with Crippen molar-refractivity contribution < 1.29 is 13.2 Å². The van der Waals surface area contributed by atoms with E-state index in [0.29, 0.717) is 22.8 Å². The van der Waals surface area contributed by atoms with Crippen LogP contribution in [0.1, 0.15) is 29.9 Å². The molecule has 158 valence electrons. The number of aromatic nitrogens is 2. The van der Waals surface area contributed by atoms with Crippen LogP contribution in [0.15, 0.2) is 77.8 Å². The fourth-order valence-corrected chi connectivity index (χ4v) is 4.34. The molecule has 0 spiro atoms. The standard InChI is InChI=1S/C24H23N3O3S/c1-16(2)31(29,30)21-10-8-18(9-11-21)20-12-19-13-22(27-23(19)25-15-20)24(28)26-14-17-6-4-3-5-7-17/h3-13,15-16H,14H2,1-2H3,(H,25,27)(H,26,28). The summed E-state index contributed by atoms with van der Waals surface area (Å²) >= 11 is 0. The van der Waals surface area contributed by atoms with Gasteiger partial charge in [-0.15, -0.1) is 0 Å². The zero-order chi connectivity index (χ0) is 22.0. The van der Waals surface area contributed by atoms with E-state index in [9.17, 15) is 13.2 Å². The molecule has 6 nitrogen and oxygen atoms in total. The summed E-state index contributed by atoms with van der Waals surface area (Å²) in [5, 5.41) is 3.23. The summed E-state index contributed by atoms with van der Waals surface area (Å²) in [4.78, 5) is 20.3. The topological polar surface area (TPSA) is 91.9 Å². The average Bonchev–Trinajstić information content (AvgIpc) is 3.21. The van der Waals surface area contributed by atoms with Crippen LogP contribution in [0.25, 0.3) is 22.2 Å². The summed E-state index contributed by atoms with van der Waals surface area (Å²) < 4.78 is 24.6. The van der Waals surface area contributed by atoms with Crippen LogP contribution >= 0.6 is 0 Å². The van der Waals surface area contributed by atoms with Gasteiger partial charge in [-0.25, -0.2) is 13.4 Å². The van der Waals surface area contributed by atoms with Crippen LogP contribution in [0.5, 0.6) is 0 Å². The van der Waals surface area contributed by atoms with Crippen molar-refractivity contribution in [2.24, 2.45) is 0 Å². The van der Waals surface area contributed by atoms with E-state index in [2.05, 4.69) is 15.3 Å². The molecule has 4 aromatic rings. The number of nitrogens with one attached hydrogen (secondary N) is 2. The van der Waals surface area contributed by atoms with Crippen molar-refractivity contribution in [3.8, 4) is 11.1 Å². The van der Waals surface area contributed by atoms with Crippen molar-refractivity contribution >= 4 is 26.8 Å². The Morgan fingerprint density at radius 2 is 1.71 bits per heavy atom. The number of pyridine rings is 1. The Balaban J connectivity index is 1.54. The zero-order valence-electron chi connectivity index (χ0n) is 17.3. The number of nitrogens with zero attached hydrogens (tertiary/aromatic N) is 1. The first kappa shape index (κ1) is 20.8. The van der Waals surface area contributed by atoms with Gasteiger partial charge >= 0.3 is 0 Å². The number of H-pyrrole nitrogens is 1. The number of hydrogen-bond acceptors (Lipinski definition) is 4. The minimum atomic E-state index is -3.31. The fourth-order valence-electron chi connectivity index (χ4n) is 3.28. The summed E-state index contributed by atoms with van der Waals surface area (Å²) in [6.07, 6.45) is 1.70. The maximum atomic E-state index is 12.5. The monoisotopic (exact) mass is 433 g/mol. The molecule has 0 bridgehead atoms. The Bertz CT molecular complexity index is 1330. The van der Waals surface area contributed by atoms with Gasteiger partial charge < -0.3 is 10.3 Å². The predicted molar refractivity (Wildman–Crippen MR) is 121 cm³/mol. The van der Waals surface area contributed by atoms with Gasteiger partial charge in [-0.1, -0.05) is 42.5 Å². The summed E-state index contributed by atoms with van der Waals surface area (Å²) in [5.41, 5.74) is 3.78. The maximum absolute atomic E-state index is 12.5. The van der Waals surface area contributed by atoms with Gasteiger partial charge in [-0.3, -0.25) is 4.79 Å². The second kappa shape index (κ2) is 8.35. The molecule has 7 heteroatoms. The zero-order valence-corrected chi connectivity index (χ0v) is 18.1. The number of sulfone groups is 1. The molecule has 2 N–H and O–H groups in total. The molecular formula is C24H23N3O3S. The van der Waals surface area contributed by atoms with Crippen molar-refractivity contribution in [1.82, 2.24) is 15.3 Å². The molecule has 31 heavy (non-hydrogen) atoms. The summed E-state index contributed by atoms with van der Waals surface area (Å²) in [5.74, 6) is -0.202. The van der Waals surface area contributed by atoms with Crippen LogP contribution in [0.4, 0.5) is 0 Å². The summed E-state index contributed by atoms with van der Waals surface area (Å²) in [7, 11) is -3.31. The molecule has 4 rings (SSSR count). The lowest BCUT2D eigenvalue weighted by atomic mass is 10.1. The van der Waals surface area contributed by atoms with E-state index in [4.69, 9.17) is 0 Å². The summed E-state index contributed by atoms with van der Waals surface area (Å²) in [6.45, 7) is 3.78. The van der Waals surface area contributed by atoms with Crippen LogP contribution in [0.2, 0.25) is 0 Å². The van der Waals surface area contributed by atoms with Crippen molar-refractivity contribution in [2.45, 2.75) is 30.5 Å². The Kier molecular flexibility index (Phi) is 5.61. The Morgan fingerprint density at radius 3 is 2.39 bits per heavy atom. The van der Waals surface area contributed by atoms with Gasteiger partial charge in [0, 0.05) is 23.7 Å². The first-order valence-electron chi connectivity index (χ1n) is 10.00. The van der Waals surface area contributed by atoms with Crippen molar-refractivity contribution in [3.63, 3.8) is 0 Å². The average molecular weight is 434 g/mol. The van der Waals surface area contributed by atoms with Gasteiger partial charge in [0.1, 0.15) is 11.3 Å². The number of hydrogen-bond donors (Lipinski definition) is 2.